The van der Waals surface area contributed by atoms with Crippen LogP contribution in [0, 0.1) is 24.7 Å². The van der Waals surface area contributed by atoms with Gasteiger partial charge in [-0.15, -0.1) is 0 Å². The molecule has 2 aliphatic rings. The first kappa shape index (κ1) is 23.2. The van der Waals surface area contributed by atoms with Gasteiger partial charge in [0.25, 0.3) is 0 Å². The zero-order valence-corrected chi connectivity index (χ0v) is 18.3. The topological polar surface area (TPSA) is 72.7 Å². The average molecular weight is 414 g/mol. The van der Waals surface area contributed by atoms with Crippen LogP contribution >= 0.6 is 0 Å². The van der Waals surface area contributed by atoms with E-state index in [1.807, 2.05) is 12.1 Å². The molecule has 4 nitrogen and oxygen atoms in total. The summed E-state index contributed by atoms with van der Waals surface area (Å²) in [6, 6.07) is 8.27. The van der Waals surface area contributed by atoms with E-state index in [1.165, 1.54) is 18.4 Å². The van der Waals surface area contributed by atoms with Gasteiger partial charge in [-0.3, -0.25) is 0 Å². The molecule has 1 fully saturated rings. The number of hydrogen-bond acceptors (Lipinski definition) is 4. The van der Waals surface area contributed by atoms with Crippen molar-refractivity contribution in [3.8, 4) is 0 Å². The van der Waals surface area contributed by atoms with Gasteiger partial charge in [0, 0.05) is 18.9 Å². The van der Waals surface area contributed by atoms with E-state index in [-0.39, 0.29) is 18.6 Å². The SMILES string of the molecule is Cc1cccc(C[C@H](O)/C=C/[C@@H]2[C@H]3CC(CCCCCNCCO)=C[C@H]3C[C@H]2O)c1. The average Bonchev–Trinajstić information content (AvgIpc) is 3.22. The standard InChI is InChI=1S/C26H39NO3/c1-19-6-5-8-20(14-19)16-23(29)9-10-24-25-17-21(15-22(25)18-26(24)30)7-3-2-4-11-27-12-13-28/h5-6,8-10,14-15,22-30H,2-4,7,11-13,16-18H2,1H3/b10-9+/t22-,23+,24+,25-,26+/m0/s1. The van der Waals surface area contributed by atoms with Gasteiger partial charge < -0.3 is 20.6 Å². The Morgan fingerprint density at radius 2 is 2.07 bits per heavy atom. The Hall–Kier alpha value is -1.46. The minimum atomic E-state index is -0.508. The number of aliphatic hydroxyl groups excluding tert-OH is 3. The van der Waals surface area contributed by atoms with Crippen LogP contribution in [-0.2, 0) is 6.42 Å². The van der Waals surface area contributed by atoms with E-state index < -0.39 is 6.10 Å². The fraction of sp³-hybridized carbons (Fsp3) is 0.615. The van der Waals surface area contributed by atoms with Gasteiger partial charge in [0.1, 0.15) is 0 Å². The Bertz CT molecular complexity index is 714. The summed E-state index contributed by atoms with van der Waals surface area (Å²) in [6.07, 6.45) is 12.9. The van der Waals surface area contributed by atoms with E-state index in [0.717, 1.165) is 37.8 Å². The van der Waals surface area contributed by atoms with Crippen LogP contribution in [0.15, 0.2) is 48.1 Å². The van der Waals surface area contributed by atoms with Crippen LogP contribution in [-0.4, -0.2) is 47.2 Å². The van der Waals surface area contributed by atoms with Crippen molar-refractivity contribution < 1.29 is 15.3 Å². The lowest BCUT2D eigenvalue weighted by Crippen LogP contribution is -2.19. The monoisotopic (exact) mass is 413 g/mol. The van der Waals surface area contributed by atoms with Gasteiger partial charge in [-0.2, -0.15) is 0 Å². The number of benzene rings is 1. The number of nitrogens with one attached hydrogen (secondary N) is 1. The van der Waals surface area contributed by atoms with Crippen LogP contribution in [0.25, 0.3) is 0 Å². The summed E-state index contributed by atoms with van der Waals surface area (Å²) >= 11 is 0. The van der Waals surface area contributed by atoms with Crippen molar-refractivity contribution in [3.63, 3.8) is 0 Å². The summed E-state index contributed by atoms with van der Waals surface area (Å²) in [5.41, 5.74) is 3.91. The number of unbranched alkanes of at least 4 members (excludes halogenated alkanes) is 2. The molecule has 0 aliphatic heterocycles. The molecular weight excluding hydrogens is 374 g/mol. The first-order valence-electron chi connectivity index (χ1n) is 11.7. The molecule has 0 aromatic heterocycles. The fourth-order valence-corrected chi connectivity index (χ4v) is 5.18. The molecule has 0 saturated heterocycles. The highest BCUT2D eigenvalue weighted by atomic mass is 16.3. The predicted octanol–water partition coefficient (Wildman–Crippen LogP) is 3.54. The zero-order chi connectivity index (χ0) is 21.3. The van der Waals surface area contributed by atoms with E-state index in [2.05, 4.69) is 42.6 Å². The van der Waals surface area contributed by atoms with E-state index in [0.29, 0.717) is 24.8 Å². The number of aliphatic hydroxyl groups is 3. The normalized spacial score (nSPS) is 26.9. The van der Waals surface area contributed by atoms with Crippen molar-refractivity contribution in [2.75, 3.05) is 19.7 Å². The van der Waals surface area contributed by atoms with E-state index in [4.69, 9.17) is 5.11 Å². The quantitative estimate of drug-likeness (QED) is 0.312. The first-order chi connectivity index (χ1) is 14.6. The molecule has 0 amide bonds. The zero-order valence-electron chi connectivity index (χ0n) is 18.3. The molecule has 3 rings (SSSR count). The highest BCUT2D eigenvalue weighted by Crippen LogP contribution is 2.48. The lowest BCUT2D eigenvalue weighted by atomic mass is 9.88. The van der Waals surface area contributed by atoms with Crippen LogP contribution < -0.4 is 5.32 Å². The van der Waals surface area contributed by atoms with Crippen molar-refractivity contribution in [3.05, 3.63) is 59.2 Å². The maximum Gasteiger partial charge on any atom is 0.0761 e. The summed E-state index contributed by atoms with van der Waals surface area (Å²) in [7, 11) is 0. The van der Waals surface area contributed by atoms with Gasteiger partial charge in [0.15, 0.2) is 0 Å². The number of hydrogen-bond donors (Lipinski definition) is 4. The van der Waals surface area contributed by atoms with Crippen LogP contribution in [0.2, 0.25) is 0 Å². The van der Waals surface area contributed by atoms with Gasteiger partial charge >= 0.3 is 0 Å². The lowest BCUT2D eigenvalue weighted by Gasteiger charge is -2.19. The van der Waals surface area contributed by atoms with Crippen LogP contribution in [0.3, 0.4) is 0 Å². The molecule has 0 unspecified atom stereocenters. The Kier molecular flexibility index (Phi) is 9.13. The van der Waals surface area contributed by atoms with Gasteiger partial charge in [-0.1, -0.05) is 60.1 Å². The molecule has 1 saturated carbocycles. The molecule has 4 heteroatoms. The summed E-state index contributed by atoms with van der Waals surface area (Å²) in [5.74, 6) is 1.13. The molecule has 1 aromatic carbocycles. The molecule has 0 heterocycles. The van der Waals surface area contributed by atoms with Gasteiger partial charge in [-0.05, 0) is 63.0 Å². The lowest BCUT2D eigenvalue weighted by molar-refractivity contribution is 0.140. The second-order valence-corrected chi connectivity index (χ2v) is 9.17. The Labute approximate surface area is 181 Å². The van der Waals surface area contributed by atoms with Gasteiger partial charge in [0.05, 0.1) is 18.8 Å². The highest BCUT2D eigenvalue weighted by Gasteiger charge is 2.43. The molecule has 0 bridgehead atoms. The number of rotatable bonds is 12. The van der Waals surface area contributed by atoms with Crippen LogP contribution in [0.1, 0.15) is 49.7 Å². The number of aryl methyl sites for hydroxylation is 1. The smallest absolute Gasteiger partial charge is 0.0761 e. The Balaban J connectivity index is 1.42. The maximum absolute atomic E-state index is 10.6. The Morgan fingerprint density at radius 1 is 1.20 bits per heavy atom. The third-order valence-corrected chi connectivity index (χ3v) is 6.67. The summed E-state index contributed by atoms with van der Waals surface area (Å²) in [6.45, 7) is 3.94. The van der Waals surface area contributed by atoms with Gasteiger partial charge in [0.2, 0.25) is 0 Å². The van der Waals surface area contributed by atoms with E-state index in [1.54, 1.807) is 5.57 Å². The molecule has 1 aromatic rings. The van der Waals surface area contributed by atoms with E-state index in [9.17, 15) is 10.2 Å². The second kappa shape index (κ2) is 11.8. The van der Waals surface area contributed by atoms with Crippen molar-refractivity contribution >= 4 is 0 Å². The molecule has 4 N–H and O–H groups in total. The molecule has 166 valence electrons. The number of allylic oxidation sites excluding steroid dienone is 2. The van der Waals surface area contributed by atoms with Crippen molar-refractivity contribution in [1.82, 2.24) is 5.32 Å². The van der Waals surface area contributed by atoms with Gasteiger partial charge in [-0.25, -0.2) is 0 Å². The molecule has 0 spiro atoms. The number of fused-ring (bicyclic) bond motifs is 1. The largest absolute Gasteiger partial charge is 0.395 e. The highest BCUT2D eigenvalue weighted by molar-refractivity contribution is 5.24. The summed E-state index contributed by atoms with van der Waals surface area (Å²) in [4.78, 5) is 0. The summed E-state index contributed by atoms with van der Waals surface area (Å²) < 4.78 is 0. The molecule has 5 atom stereocenters. The third-order valence-electron chi connectivity index (χ3n) is 6.67. The summed E-state index contributed by atoms with van der Waals surface area (Å²) in [5, 5.41) is 33.0. The minimum absolute atomic E-state index is 0.151. The van der Waals surface area contributed by atoms with Crippen molar-refractivity contribution in [2.45, 2.75) is 64.1 Å². The van der Waals surface area contributed by atoms with Crippen molar-refractivity contribution in [1.29, 1.82) is 0 Å². The van der Waals surface area contributed by atoms with Crippen LogP contribution in [0.4, 0.5) is 0 Å². The molecular formula is C26H39NO3. The fourth-order valence-electron chi connectivity index (χ4n) is 5.18. The third kappa shape index (κ3) is 6.78. The molecule has 30 heavy (non-hydrogen) atoms. The van der Waals surface area contributed by atoms with Crippen LogP contribution in [0.5, 0.6) is 0 Å². The van der Waals surface area contributed by atoms with E-state index >= 15 is 0 Å². The Morgan fingerprint density at radius 3 is 2.87 bits per heavy atom. The molecule has 0 radical (unpaired) electrons. The molecule has 2 aliphatic carbocycles. The maximum atomic E-state index is 10.6. The predicted molar refractivity (Wildman–Crippen MR) is 122 cm³/mol. The minimum Gasteiger partial charge on any atom is -0.395 e. The first-order valence-corrected chi connectivity index (χ1v) is 11.7. The van der Waals surface area contributed by atoms with Crippen molar-refractivity contribution in [2.24, 2.45) is 17.8 Å². The second-order valence-electron chi connectivity index (χ2n) is 9.17.